The van der Waals surface area contributed by atoms with Crippen molar-refractivity contribution in [3.8, 4) is 0 Å². The lowest BCUT2D eigenvalue weighted by Crippen LogP contribution is -2.30. The Hall–Kier alpha value is -1.03. The maximum atomic E-state index is 12.6. The van der Waals surface area contributed by atoms with E-state index < -0.39 is 12.1 Å². The molecule has 1 nitrogen and oxygen atoms in total. The fraction of sp³-hybridized carbons (Fsp3) is 0.562. The lowest BCUT2D eigenvalue weighted by atomic mass is 9.78. The molecule has 0 N–H and O–H groups in total. The molecule has 0 amide bonds. The molecular formula is C16H18ClF3O. The molecule has 0 radical (unpaired) electrons. The Labute approximate surface area is 127 Å². The van der Waals surface area contributed by atoms with Crippen LogP contribution in [0.1, 0.15) is 36.8 Å². The summed E-state index contributed by atoms with van der Waals surface area (Å²) in [6.45, 7) is 1.91. The summed E-state index contributed by atoms with van der Waals surface area (Å²) in [5.74, 6) is -1.51. The molecule has 5 heteroatoms. The Kier molecular flexibility index (Phi) is 4.97. The Morgan fingerprint density at radius 3 is 2.38 bits per heavy atom. The van der Waals surface area contributed by atoms with E-state index in [0.717, 1.165) is 11.1 Å². The van der Waals surface area contributed by atoms with E-state index in [9.17, 15) is 18.0 Å². The summed E-state index contributed by atoms with van der Waals surface area (Å²) in [5.41, 5.74) is 1.77. The Morgan fingerprint density at radius 1 is 1.24 bits per heavy atom. The maximum Gasteiger partial charge on any atom is 0.391 e. The van der Waals surface area contributed by atoms with E-state index in [0.29, 0.717) is 17.9 Å². The van der Waals surface area contributed by atoms with Crippen molar-refractivity contribution in [3.63, 3.8) is 0 Å². The molecule has 0 atom stereocenters. The zero-order valence-corrected chi connectivity index (χ0v) is 12.6. The van der Waals surface area contributed by atoms with Gasteiger partial charge in [0.25, 0.3) is 0 Å². The average Bonchev–Trinajstić information content (AvgIpc) is 2.41. The number of carbonyl (C=O) groups is 1. The molecule has 0 unspecified atom stereocenters. The third-order valence-corrected chi connectivity index (χ3v) is 4.57. The number of ketones is 1. The fourth-order valence-electron chi connectivity index (χ4n) is 2.87. The first-order valence-corrected chi connectivity index (χ1v) is 7.49. The van der Waals surface area contributed by atoms with E-state index >= 15 is 0 Å². The van der Waals surface area contributed by atoms with Crippen LogP contribution in [0.15, 0.2) is 18.2 Å². The van der Waals surface area contributed by atoms with Crippen LogP contribution in [0.3, 0.4) is 0 Å². The van der Waals surface area contributed by atoms with Crippen LogP contribution in [-0.2, 0) is 11.2 Å². The summed E-state index contributed by atoms with van der Waals surface area (Å²) in [7, 11) is 0. The van der Waals surface area contributed by atoms with Gasteiger partial charge in [0.15, 0.2) is 0 Å². The van der Waals surface area contributed by atoms with E-state index in [-0.39, 0.29) is 31.0 Å². The molecular weight excluding hydrogens is 301 g/mol. The smallest absolute Gasteiger partial charge is 0.299 e. The van der Waals surface area contributed by atoms with Crippen molar-refractivity contribution in [2.24, 2.45) is 11.8 Å². The Morgan fingerprint density at radius 2 is 1.86 bits per heavy atom. The van der Waals surface area contributed by atoms with Gasteiger partial charge in [0.2, 0.25) is 0 Å². The third-order valence-electron chi connectivity index (χ3n) is 4.22. The Bertz CT molecular complexity index is 517. The molecule has 0 spiro atoms. The normalized spacial score (nSPS) is 23.1. The predicted molar refractivity (Wildman–Crippen MR) is 76.4 cm³/mol. The second-order valence-corrected chi connectivity index (χ2v) is 6.24. The highest BCUT2D eigenvalue weighted by molar-refractivity contribution is 6.31. The lowest BCUT2D eigenvalue weighted by Gasteiger charge is -2.29. The highest BCUT2D eigenvalue weighted by atomic mass is 35.5. The van der Waals surface area contributed by atoms with Crippen LogP contribution in [0.4, 0.5) is 13.2 Å². The van der Waals surface area contributed by atoms with Crippen molar-refractivity contribution in [3.05, 3.63) is 34.3 Å². The molecule has 1 aromatic carbocycles. The van der Waals surface area contributed by atoms with Gasteiger partial charge in [0.05, 0.1) is 5.92 Å². The van der Waals surface area contributed by atoms with Crippen LogP contribution in [0.5, 0.6) is 0 Å². The van der Waals surface area contributed by atoms with E-state index in [1.807, 2.05) is 19.1 Å². The number of aryl methyl sites for hydroxylation is 1. The molecule has 116 valence electrons. The van der Waals surface area contributed by atoms with Gasteiger partial charge < -0.3 is 0 Å². The number of halogens is 4. The minimum absolute atomic E-state index is 0.00128. The maximum absolute atomic E-state index is 12.6. The number of rotatable bonds is 3. The van der Waals surface area contributed by atoms with Crippen molar-refractivity contribution in [1.29, 1.82) is 0 Å². The summed E-state index contributed by atoms with van der Waals surface area (Å²) in [6, 6.07) is 5.50. The van der Waals surface area contributed by atoms with Crippen molar-refractivity contribution in [1.82, 2.24) is 0 Å². The molecule has 0 aromatic heterocycles. The summed E-state index contributed by atoms with van der Waals surface area (Å²) in [6.07, 6.45) is -3.16. The van der Waals surface area contributed by atoms with Crippen LogP contribution >= 0.6 is 11.6 Å². The molecule has 1 aliphatic rings. The van der Waals surface area contributed by atoms with Gasteiger partial charge in [0, 0.05) is 17.4 Å². The number of carbonyl (C=O) groups excluding carboxylic acids is 1. The first-order chi connectivity index (χ1) is 9.77. The predicted octanol–water partition coefficient (Wildman–Crippen LogP) is 5.13. The van der Waals surface area contributed by atoms with Gasteiger partial charge in [0.1, 0.15) is 5.78 Å². The summed E-state index contributed by atoms with van der Waals surface area (Å²) >= 11 is 6.09. The van der Waals surface area contributed by atoms with Gasteiger partial charge in [-0.2, -0.15) is 13.2 Å². The summed E-state index contributed by atoms with van der Waals surface area (Å²) < 4.78 is 37.8. The highest BCUT2D eigenvalue weighted by Crippen LogP contribution is 2.40. The second-order valence-electron chi connectivity index (χ2n) is 5.83. The summed E-state index contributed by atoms with van der Waals surface area (Å²) in [4.78, 5) is 12.2. The fourth-order valence-corrected chi connectivity index (χ4v) is 3.17. The molecule has 21 heavy (non-hydrogen) atoms. The number of hydrogen-bond acceptors (Lipinski definition) is 1. The number of alkyl halides is 3. The van der Waals surface area contributed by atoms with Crippen molar-refractivity contribution >= 4 is 17.4 Å². The number of benzene rings is 1. The molecule has 1 aliphatic carbocycles. The molecule has 0 aliphatic heterocycles. The highest BCUT2D eigenvalue weighted by Gasteiger charge is 2.42. The van der Waals surface area contributed by atoms with Crippen LogP contribution in [0, 0.1) is 18.8 Å². The van der Waals surface area contributed by atoms with Crippen LogP contribution in [-0.4, -0.2) is 12.0 Å². The SMILES string of the molecule is Cc1ccc(CC(=O)C2CCC(C(F)(F)F)CC2)c(Cl)c1. The molecule has 0 saturated heterocycles. The second kappa shape index (κ2) is 6.39. The molecule has 0 bridgehead atoms. The third kappa shape index (κ3) is 4.22. The monoisotopic (exact) mass is 318 g/mol. The van der Waals surface area contributed by atoms with Crippen LogP contribution < -0.4 is 0 Å². The van der Waals surface area contributed by atoms with Gasteiger partial charge in [-0.25, -0.2) is 0 Å². The van der Waals surface area contributed by atoms with Gasteiger partial charge in [-0.1, -0.05) is 23.7 Å². The van der Waals surface area contributed by atoms with E-state index in [4.69, 9.17) is 11.6 Å². The van der Waals surface area contributed by atoms with Crippen molar-refractivity contribution < 1.29 is 18.0 Å². The lowest BCUT2D eigenvalue weighted by molar-refractivity contribution is -0.184. The van der Waals surface area contributed by atoms with E-state index in [1.165, 1.54) is 0 Å². The van der Waals surface area contributed by atoms with Crippen LogP contribution in [0.2, 0.25) is 5.02 Å². The van der Waals surface area contributed by atoms with Gasteiger partial charge >= 0.3 is 6.18 Å². The first-order valence-electron chi connectivity index (χ1n) is 7.12. The summed E-state index contributed by atoms with van der Waals surface area (Å²) in [5, 5.41) is 0.548. The number of Topliss-reactive ketones (excluding diaryl/α,β-unsaturated/α-hetero) is 1. The van der Waals surface area contributed by atoms with E-state index in [1.54, 1.807) is 6.07 Å². The quantitative estimate of drug-likeness (QED) is 0.755. The minimum atomic E-state index is -4.13. The van der Waals surface area contributed by atoms with Gasteiger partial charge in [-0.05, 0) is 49.8 Å². The standard InChI is InChI=1S/C16H18ClF3O/c1-10-2-3-12(14(17)8-10)9-15(21)11-4-6-13(7-5-11)16(18,19)20/h2-3,8,11,13H,4-7,9H2,1H3. The molecule has 0 heterocycles. The average molecular weight is 319 g/mol. The molecule has 1 saturated carbocycles. The topological polar surface area (TPSA) is 17.1 Å². The molecule has 2 rings (SSSR count). The van der Waals surface area contributed by atoms with Gasteiger partial charge in [-0.15, -0.1) is 0 Å². The minimum Gasteiger partial charge on any atom is -0.299 e. The van der Waals surface area contributed by atoms with Crippen LogP contribution in [0.25, 0.3) is 0 Å². The molecule has 1 aromatic rings. The molecule has 1 fully saturated rings. The van der Waals surface area contributed by atoms with E-state index in [2.05, 4.69) is 0 Å². The largest absolute Gasteiger partial charge is 0.391 e. The van der Waals surface area contributed by atoms with Crippen molar-refractivity contribution in [2.45, 2.75) is 45.2 Å². The first kappa shape index (κ1) is 16.3. The number of hydrogen-bond donors (Lipinski definition) is 0. The van der Waals surface area contributed by atoms with Gasteiger partial charge in [-0.3, -0.25) is 4.79 Å². The zero-order chi connectivity index (χ0) is 15.6. The zero-order valence-electron chi connectivity index (χ0n) is 11.8. The van der Waals surface area contributed by atoms with Crippen molar-refractivity contribution in [2.75, 3.05) is 0 Å². The Balaban J connectivity index is 1.93.